The number of alkyl halides is 3. The van der Waals surface area contributed by atoms with Crippen LogP contribution in [0.1, 0.15) is 11.9 Å². The number of ether oxygens (including phenoxy) is 5. The lowest BCUT2D eigenvalue weighted by atomic mass is 10.0. The van der Waals surface area contributed by atoms with Crippen molar-refractivity contribution in [2.24, 2.45) is 0 Å². The van der Waals surface area contributed by atoms with Crippen LogP contribution in [0.4, 0.5) is 0 Å². The van der Waals surface area contributed by atoms with Gasteiger partial charge in [-0.25, -0.2) is 0 Å². The minimum Gasteiger partial charge on any atom is -0.466 e. The number of halogens is 3. The topological polar surface area (TPSA) is 70.0 Å². The van der Waals surface area contributed by atoms with Gasteiger partial charge < -0.3 is 23.7 Å². The van der Waals surface area contributed by atoms with E-state index in [-0.39, 0.29) is 12.2 Å². The monoisotopic (exact) mass is 393 g/mol. The third-order valence-corrected chi connectivity index (χ3v) is 4.68. The van der Waals surface area contributed by atoms with Gasteiger partial charge in [-0.15, -0.1) is 0 Å². The Kier molecular flexibility index (Phi) is 4.41. The molecule has 0 saturated carbocycles. The van der Waals surface area contributed by atoms with Crippen molar-refractivity contribution in [1.82, 2.24) is 0 Å². The van der Waals surface area contributed by atoms with Crippen molar-refractivity contribution in [1.29, 1.82) is 5.41 Å². The van der Waals surface area contributed by atoms with Gasteiger partial charge in [0.05, 0.1) is 6.61 Å². The predicted octanol–water partition coefficient (Wildman–Crippen LogP) is 2.96. The molecule has 4 rings (SSSR count). The van der Waals surface area contributed by atoms with E-state index in [9.17, 15) is 0 Å². The maximum atomic E-state index is 7.80. The Morgan fingerprint density at radius 1 is 1.08 bits per heavy atom. The first-order valence-electron chi connectivity index (χ1n) is 7.39. The lowest BCUT2D eigenvalue weighted by molar-refractivity contribution is -0.197. The molecule has 0 amide bonds. The maximum absolute atomic E-state index is 7.80. The Morgan fingerprint density at radius 3 is 2.50 bits per heavy atom. The highest BCUT2D eigenvalue weighted by Crippen LogP contribution is 2.43. The molecule has 3 saturated heterocycles. The Morgan fingerprint density at radius 2 is 1.79 bits per heavy atom. The number of hydrogen-bond acceptors (Lipinski definition) is 6. The van der Waals surface area contributed by atoms with Crippen molar-refractivity contribution in [2.75, 3.05) is 6.61 Å². The number of benzene rings is 1. The van der Waals surface area contributed by atoms with Crippen LogP contribution in [-0.4, -0.2) is 47.0 Å². The Bertz CT molecular complexity index is 625. The molecule has 1 aromatic carbocycles. The second kappa shape index (κ2) is 6.29. The average molecular weight is 395 g/mol. The van der Waals surface area contributed by atoms with Crippen LogP contribution in [-0.2, 0) is 23.7 Å². The van der Waals surface area contributed by atoms with Gasteiger partial charge in [-0.3, -0.25) is 5.41 Å². The van der Waals surface area contributed by atoms with Gasteiger partial charge in [0.1, 0.15) is 18.3 Å². The smallest absolute Gasteiger partial charge is 0.265 e. The molecule has 3 aliphatic rings. The fourth-order valence-corrected chi connectivity index (χ4v) is 3.20. The number of hydrogen-bond donors (Lipinski definition) is 1. The molecule has 0 radical (unpaired) electrons. The lowest BCUT2D eigenvalue weighted by Gasteiger charge is -2.35. The van der Waals surface area contributed by atoms with Crippen molar-refractivity contribution < 1.29 is 23.7 Å². The van der Waals surface area contributed by atoms with Crippen LogP contribution in [0.3, 0.4) is 0 Å². The van der Waals surface area contributed by atoms with Gasteiger partial charge in [0.15, 0.2) is 18.7 Å². The molecule has 3 aliphatic heterocycles. The molecule has 3 fully saturated rings. The number of nitrogens with one attached hydrogen (secondary N) is 1. The van der Waals surface area contributed by atoms with Gasteiger partial charge in [0.2, 0.25) is 5.90 Å². The van der Waals surface area contributed by atoms with Crippen molar-refractivity contribution in [3.05, 3.63) is 35.9 Å². The first kappa shape index (κ1) is 16.8. The summed E-state index contributed by atoms with van der Waals surface area (Å²) in [7, 11) is 0. The number of rotatable bonds is 2. The summed E-state index contributed by atoms with van der Waals surface area (Å²) in [5, 5.41) is 7.80. The van der Waals surface area contributed by atoms with Crippen LogP contribution in [0.15, 0.2) is 30.3 Å². The van der Waals surface area contributed by atoms with Crippen molar-refractivity contribution >= 4 is 40.7 Å². The van der Waals surface area contributed by atoms with Crippen molar-refractivity contribution in [3.8, 4) is 0 Å². The molecule has 3 heterocycles. The quantitative estimate of drug-likeness (QED) is 0.474. The summed E-state index contributed by atoms with van der Waals surface area (Å²) >= 11 is 17.1. The van der Waals surface area contributed by atoms with Crippen LogP contribution in [0, 0.1) is 5.41 Å². The van der Waals surface area contributed by atoms with Crippen molar-refractivity contribution in [3.63, 3.8) is 0 Å². The van der Waals surface area contributed by atoms with Crippen LogP contribution in [0.5, 0.6) is 0 Å². The summed E-state index contributed by atoms with van der Waals surface area (Å²) in [4.78, 5) is 0. The molecule has 0 aromatic heterocycles. The van der Waals surface area contributed by atoms with Crippen LogP contribution in [0.25, 0.3) is 0 Å². The highest BCUT2D eigenvalue weighted by atomic mass is 35.6. The second-order valence-corrected chi connectivity index (χ2v) is 8.01. The Labute approximate surface area is 153 Å². The molecule has 1 N–H and O–H groups in total. The molecule has 0 spiro atoms. The second-order valence-electron chi connectivity index (χ2n) is 5.73. The average Bonchev–Trinajstić information content (AvgIpc) is 3.17. The third-order valence-electron chi connectivity index (χ3n) is 4.16. The van der Waals surface area contributed by atoms with E-state index in [0.717, 1.165) is 5.56 Å². The zero-order chi connectivity index (χ0) is 16.9. The van der Waals surface area contributed by atoms with E-state index in [4.69, 9.17) is 63.9 Å². The van der Waals surface area contributed by atoms with Gasteiger partial charge in [-0.1, -0.05) is 65.1 Å². The first-order valence-corrected chi connectivity index (χ1v) is 8.52. The first-order chi connectivity index (χ1) is 11.4. The predicted molar refractivity (Wildman–Crippen MR) is 86.4 cm³/mol. The summed E-state index contributed by atoms with van der Waals surface area (Å²) in [6.07, 6.45) is -3.13. The van der Waals surface area contributed by atoms with E-state index in [1.54, 1.807) is 0 Å². The molecule has 6 atom stereocenters. The van der Waals surface area contributed by atoms with Gasteiger partial charge in [0.25, 0.3) is 3.79 Å². The van der Waals surface area contributed by atoms with Crippen LogP contribution in [0.2, 0.25) is 0 Å². The summed E-state index contributed by atoms with van der Waals surface area (Å²) in [6.45, 7) is 0.359. The lowest BCUT2D eigenvalue weighted by Crippen LogP contribution is -2.54. The Hall–Kier alpha value is -0.600. The molecule has 1 aromatic rings. The minimum atomic E-state index is -1.97. The SMILES string of the molecule is N=C(O[C@H]1[C@@H]2OC[C@@H](O2)[C@@H]2OC(c3ccccc3)O[C@@H]21)C(Cl)(Cl)Cl. The zero-order valence-corrected chi connectivity index (χ0v) is 14.5. The Balaban J connectivity index is 1.56. The van der Waals surface area contributed by atoms with Gasteiger partial charge >= 0.3 is 0 Å². The molecular weight excluding hydrogens is 381 g/mol. The fourth-order valence-electron chi connectivity index (χ4n) is 3.07. The van der Waals surface area contributed by atoms with Gasteiger partial charge in [0, 0.05) is 5.56 Å². The van der Waals surface area contributed by atoms with E-state index in [2.05, 4.69) is 0 Å². The van der Waals surface area contributed by atoms with Crippen molar-refractivity contribution in [2.45, 2.75) is 40.8 Å². The normalized spacial score (nSPS) is 38.0. The molecule has 9 heteroatoms. The molecule has 130 valence electrons. The van der Waals surface area contributed by atoms with E-state index in [1.807, 2.05) is 30.3 Å². The van der Waals surface area contributed by atoms with Crippen LogP contribution < -0.4 is 0 Å². The van der Waals surface area contributed by atoms with Gasteiger partial charge in [-0.2, -0.15) is 0 Å². The van der Waals surface area contributed by atoms with Crippen LogP contribution >= 0.6 is 34.8 Å². The zero-order valence-electron chi connectivity index (χ0n) is 12.2. The highest BCUT2D eigenvalue weighted by Gasteiger charge is 2.58. The molecule has 24 heavy (non-hydrogen) atoms. The standard InChI is InChI=1S/C15H14Cl3NO5/c16-15(17,18)14(19)24-11-10-9(8-6-20-13(11)21-8)22-12(23-10)7-4-2-1-3-5-7/h1-5,8-13,19H,6H2/t8-,9+,10+,11-,12?,13-/m1/s1. The maximum Gasteiger partial charge on any atom is 0.265 e. The fraction of sp³-hybridized carbons (Fsp3) is 0.533. The molecule has 1 unspecified atom stereocenters. The molecule has 0 aliphatic carbocycles. The van der Waals surface area contributed by atoms with E-state index < -0.39 is 34.5 Å². The molecule has 6 nitrogen and oxygen atoms in total. The summed E-state index contributed by atoms with van der Waals surface area (Å²) in [5.41, 5.74) is 0.888. The van der Waals surface area contributed by atoms with E-state index in [0.29, 0.717) is 6.61 Å². The molecule has 2 bridgehead atoms. The number of fused-ring (bicyclic) bond motifs is 4. The summed E-state index contributed by atoms with van der Waals surface area (Å²) in [6, 6.07) is 9.55. The van der Waals surface area contributed by atoms with E-state index in [1.165, 1.54) is 0 Å². The highest BCUT2D eigenvalue weighted by molar-refractivity contribution is 6.76. The van der Waals surface area contributed by atoms with Gasteiger partial charge in [-0.05, 0) is 0 Å². The largest absolute Gasteiger partial charge is 0.466 e. The third kappa shape index (κ3) is 3.01. The molecular formula is C15H14Cl3NO5. The van der Waals surface area contributed by atoms with E-state index >= 15 is 0 Å². The summed E-state index contributed by atoms with van der Waals surface area (Å²) < 4.78 is 26.9. The summed E-state index contributed by atoms with van der Waals surface area (Å²) in [5.74, 6) is -0.513. The minimum absolute atomic E-state index is 0.254.